The first-order valence-corrected chi connectivity index (χ1v) is 5.47. The summed E-state index contributed by atoms with van der Waals surface area (Å²) < 4.78 is 18.0. The van der Waals surface area contributed by atoms with Gasteiger partial charge in [-0.05, 0) is 35.9 Å². The topological polar surface area (TPSA) is 25.5 Å². The van der Waals surface area contributed by atoms with Crippen LogP contribution in [-0.4, -0.2) is 6.21 Å². The van der Waals surface area contributed by atoms with Crippen LogP contribution in [0.5, 0.6) is 0 Å². The van der Waals surface area contributed by atoms with Crippen molar-refractivity contribution in [3.05, 3.63) is 78.2 Å². The van der Waals surface area contributed by atoms with E-state index < -0.39 is 0 Å². The first-order chi connectivity index (χ1) is 8.79. The van der Waals surface area contributed by atoms with Gasteiger partial charge < -0.3 is 4.42 Å². The minimum Gasteiger partial charge on any atom is -0.463 e. The fourth-order valence-corrected chi connectivity index (χ4v) is 1.52. The van der Waals surface area contributed by atoms with Crippen LogP contribution in [0.25, 0.3) is 0 Å². The van der Waals surface area contributed by atoms with Crippen molar-refractivity contribution in [3.8, 4) is 0 Å². The zero-order valence-corrected chi connectivity index (χ0v) is 9.71. The summed E-state index contributed by atoms with van der Waals surface area (Å²) >= 11 is 0. The lowest BCUT2D eigenvalue weighted by molar-refractivity contribution is 0.559. The van der Waals surface area contributed by atoms with Gasteiger partial charge in [-0.3, -0.25) is 4.99 Å². The van der Waals surface area contributed by atoms with Gasteiger partial charge in [0.1, 0.15) is 17.6 Å². The van der Waals surface area contributed by atoms with E-state index >= 15 is 0 Å². The van der Waals surface area contributed by atoms with E-state index in [1.807, 2.05) is 6.07 Å². The second-order valence-corrected chi connectivity index (χ2v) is 3.66. The third kappa shape index (κ3) is 3.06. The highest BCUT2D eigenvalue weighted by atomic mass is 19.1. The zero-order valence-electron chi connectivity index (χ0n) is 9.71. The molecule has 0 fully saturated rings. The minimum atomic E-state index is -0.268. The van der Waals surface area contributed by atoms with Gasteiger partial charge >= 0.3 is 0 Å². The number of halogens is 1. The number of aliphatic imine (C=N–C) groups is 1. The fourth-order valence-electron chi connectivity index (χ4n) is 1.52. The molecule has 1 aromatic carbocycles. The molecule has 2 aromatic rings. The molecule has 0 aliphatic heterocycles. The molecule has 3 heteroatoms. The standard InChI is InChI=1S/C15H12FNO/c1-2-4-15(12-6-8-13(16)9-7-12)17-11-14-5-3-10-18-14/h3-11,15H,1H2. The van der Waals surface area contributed by atoms with Crippen molar-refractivity contribution in [2.24, 2.45) is 4.99 Å². The van der Waals surface area contributed by atoms with Crippen LogP contribution in [0.4, 0.5) is 4.39 Å². The van der Waals surface area contributed by atoms with E-state index in [1.54, 1.807) is 36.8 Å². The van der Waals surface area contributed by atoms with Crippen molar-refractivity contribution in [3.63, 3.8) is 0 Å². The number of nitrogens with zero attached hydrogens (tertiary/aromatic N) is 1. The van der Waals surface area contributed by atoms with Gasteiger partial charge in [0.2, 0.25) is 0 Å². The Hall–Kier alpha value is -2.38. The van der Waals surface area contributed by atoms with Crippen molar-refractivity contribution in [2.45, 2.75) is 6.04 Å². The molecule has 1 unspecified atom stereocenters. The molecule has 2 nitrogen and oxygen atoms in total. The molecule has 0 amide bonds. The van der Waals surface area contributed by atoms with Crippen LogP contribution in [0.1, 0.15) is 17.4 Å². The van der Waals surface area contributed by atoms with Crippen LogP contribution < -0.4 is 0 Å². The lowest BCUT2D eigenvalue weighted by Gasteiger charge is -2.06. The molecule has 0 bridgehead atoms. The van der Waals surface area contributed by atoms with Gasteiger partial charge in [0, 0.05) is 0 Å². The first kappa shape index (κ1) is 12.1. The summed E-state index contributed by atoms with van der Waals surface area (Å²) in [7, 11) is 0. The molecule has 0 saturated carbocycles. The predicted octanol–water partition coefficient (Wildman–Crippen LogP) is 3.92. The summed E-state index contributed by atoms with van der Waals surface area (Å²) in [6, 6.07) is 9.54. The highest BCUT2D eigenvalue weighted by Crippen LogP contribution is 2.19. The van der Waals surface area contributed by atoms with Crippen LogP contribution in [0, 0.1) is 5.82 Å². The molecule has 18 heavy (non-hydrogen) atoms. The highest BCUT2D eigenvalue weighted by Gasteiger charge is 2.05. The third-order valence-corrected chi connectivity index (χ3v) is 2.39. The predicted molar refractivity (Wildman–Crippen MR) is 69.2 cm³/mol. The summed E-state index contributed by atoms with van der Waals surface area (Å²) in [5.41, 5.74) is 3.57. The molecule has 1 atom stereocenters. The van der Waals surface area contributed by atoms with Gasteiger partial charge in [0.25, 0.3) is 0 Å². The summed E-state index contributed by atoms with van der Waals surface area (Å²) in [6.07, 6.45) is 4.92. The summed E-state index contributed by atoms with van der Waals surface area (Å²) in [5, 5.41) is 0. The zero-order chi connectivity index (χ0) is 12.8. The lowest BCUT2D eigenvalue weighted by Crippen LogP contribution is -1.92. The quantitative estimate of drug-likeness (QED) is 0.588. The fraction of sp³-hybridized carbons (Fsp3) is 0.0667. The molecule has 0 N–H and O–H groups in total. The van der Waals surface area contributed by atoms with Gasteiger partial charge in [-0.15, -0.1) is 5.73 Å². The molecule has 0 aliphatic carbocycles. The Morgan fingerprint density at radius 2 is 2.06 bits per heavy atom. The minimum absolute atomic E-state index is 0.242. The van der Waals surface area contributed by atoms with E-state index in [0.717, 1.165) is 5.56 Å². The largest absolute Gasteiger partial charge is 0.463 e. The van der Waals surface area contributed by atoms with Gasteiger partial charge in [-0.1, -0.05) is 18.7 Å². The van der Waals surface area contributed by atoms with Crippen molar-refractivity contribution >= 4 is 6.21 Å². The molecule has 2 rings (SSSR count). The average molecular weight is 241 g/mol. The Balaban J connectivity index is 2.23. The van der Waals surface area contributed by atoms with Crippen LogP contribution in [0.3, 0.4) is 0 Å². The second kappa shape index (κ2) is 5.80. The van der Waals surface area contributed by atoms with Crippen LogP contribution in [0.15, 0.2) is 70.5 Å². The third-order valence-electron chi connectivity index (χ3n) is 2.39. The monoisotopic (exact) mass is 241 g/mol. The number of furan rings is 1. The van der Waals surface area contributed by atoms with Gasteiger partial charge in [0.05, 0.1) is 12.5 Å². The van der Waals surface area contributed by atoms with Gasteiger partial charge in [-0.25, -0.2) is 4.39 Å². The molecule has 90 valence electrons. The van der Waals surface area contributed by atoms with E-state index in [2.05, 4.69) is 17.3 Å². The first-order valence-electron chi connectivity index (χ1n) is 5.47. The summed E-state index contributed by atoms with van der Waals surface area (Å²) in [4.78, 5) is 4.36. The molecule has 1 aromatic heterocycles. The Morgan fingerprint density at radius 1 is 1.28 bits per heavy atom. The molecule has 0 radical (unpaired) electrons. The van der Waals surface area contributed by atoms with Crippen molar-refractivity contribution in [1.82, 2.24) is 0 Å². The maximum absolute atomic E-state index is 12.9. The van der Waals surface area contributed by atoms with Crippen LogP contribution >= 0.6 is 0 Å². The SMILES string of the molecule is C=C=CC(N=Cc1ccco1)c1ccc(F)cc1. The van der Waals surface area contributed by atoms with Gasteiger partial charge in [0.15, 0.2) is 0 Å². The highest BCUT2D eigenvalue weighted by molar-refractivity contribution is 5.76. The summed E-state index contributed by atoms with van der Waals surface area (Å²) in [5.74, 6) is 0.398. The maximum atomic E-state index is 12.9. The molecule has 1 heterocycles. The van der Waals surface area contributed by atoms with Crippen molar-refractivity contribution < 1.29 is 8.81 Å². The summed E-state index contributed by atoms with van der Waals surface area (Å²) in [6.45, 7) is 3.54. The average Bonchev–Trinajstić information content (AvgIpc) is 2.89. The van der Waals surface area contributed by atoms with E-state index in [0.29, 0.717) is 5.76 Å². The number of rotatable bonds is 4. The van der Waals surface area contributed by atoms with Crippen LogP contribution in [0.2, 0.25) is 0 Å². The van der Waals surface area contributed by atoms with E-state index in [4.69, 9.17) is 4.42 Å². The molecular weight excluding hydrogens is 229 g/mol. The second-order valence-electron chi connectivity index (χ2n) is 3.66. The van der Waals surface area contributed by atoms with Crippen molar-refractivity contribution in [1.29, 1.82) is 0 Å². The normalized spacial score (nSPS) is 12.3. The lowest BCUT2D eigenvalue weighted by atomic mass is 10.1. The number of hydrogen-bond acceptors (Lipinski definition) is 2. The molecule has 0 aliphatic rings. The Bertz CT molecular complexity index is 563. The van der Waals surface area contributed by atoms with E-state index in [-0.39, 0.29) is 11.9 Å². The Kier molecular flexibility index (Phi) is 3.90. The Morgan fingerprint density at radius 3 is 2.67 bits per heavy atom. The molecule has 0 saturated heterocycles. The van der Waals surface area contributed by atoms with E-state index in [9.17, 15) is 4.39 Å². The maximum Gasteiger partial charge on any atom is 0.144 e. The van der Waals surface area contributed by atoms with Gasteiger partial charge in [-0.2, -0.15) is 0 Å². The number of benzene rings is 1. The Labute approximate surface area is 105 Å². The smallest absolute Gasteiger partial charge is 0.144 e. The van der Waals surface area contributed by atoms with Crippen molar-refractivity contribution in [2.75, 3.05) is 0 Å². The number of hydrogen-bond donors (Lipinski definition) is 0. The van der Waals surface area contributed by atoms with E-state index in [1.165, 1.54) is 12.1 Å². The van der Waals surface area contributed by atoms with Crippen LogP contribution in [-0.2, 0) is 0 Å². The molecule has 0 spiro atoms. The molecular formula is C15H12FNO.